The fourth-order valence-corrected chi connectivity index (χ4v) is 3.76. The molecule has 0 fully saturated rings. The molecule has 0 aliphatic heterocycles. The summed E-state index contributed by atoms with van der Waals surface area (Å²) in [6.07, 6.45) is 2.32. The Morgan fingerprint density at radius 2 is 1.87 bits per heavy atom. The quantitative estimate of drug-likeness (QED) is 0.348. The lowest BCUT2D eigenvalue weighted by atomic mass is 10.0. The van der Waals surface area contributed by atoms with E-state index in [2.05, 4.69) is 27.6 Å². The maximum atomic E-state index is 12.5. The Morgan fingerprint density at radius 3 is 2.63 bits per heavy atom. The van der Waals surface area contributed by atoms with E-state index < -0.39 is 0 Å². The third kappa shape index (κ3) is 4.38. The Labute approximate surface area is 178 Å². The fraction of sp³-hybridized carbons (Fsp3) is 0.136. The van der Waals surface area contributed by atoms with Crippen molar-refractivity contribution in [2.24, 2.45) is 0 Å². The van der Waals surface area contributed by atoms with Gasteiger partial charge >= 0.3 is 0 Å². The number of nitrogens with zero attached hydrogens (tertiary/aromatic N) is 3. The molecule has 7 nitrogen and oxygen atoms in total. The normalized spacial score (nSPS) is 10.8. The Hall–Kier alpha value is -3.52. The van der Waals surface area contributed by atoms with Gasteiger partial charge in [-0.1, -0.05) is 60.3 Å². The van der Waals surface area contributed by atoms with Gasteiger partial charge in [-0.05, 0) is 36.6 Å². The van der Waals surface area contributed by atoms with Crippen LogP contribution in [-0.4, -0.2) is 26.5 Å². The van der Waals surface area contributed by atoms with Gasteiger partial charge in [0.05, 0.1) is 17.6 Å². The van der Waals surface area contributed by atoms with Gasteiger partial charge in [0.15, 0.2) is 5.82 Å². The lowest BCUT2D eigenvalue weighted by molar-refractivity contribution is -0.113. The molecule has 2 heterocycles. The van der Waals surface area contributed by atoms with Crippen molar-refractivity contribution in [1.82, 2.24) is 14.9 Å². The van der Waals surface area contributed by atoms with Crippen molar-refractivity contribution in [3.63, 3.8) is 0 Å². The summed E-state index contributed by atoms with van der Waals surface area (Å²) < 4.78 is 6.67. The predicted octanol–water partition coefficient (Wildman–Crippen LogP) is 3.88. The number of amides is 1. The number of nitrogen functional groups attached to an aromatic ring is 1. The minimum atomic E-state index is -0.135. The van der Waals surface area contributed by atoms with Crippen LogP contribution in [0.3, 0.4) is 0 Å². The molecule has 3 N–H and O–H groups in total. The van der Waals surface area contributed by atoms with Crippen molar-refractivity contribution >= 4 is 23.4 Å². The number of hydrogen-bond donors (Lipinski definition) is 2. The lowest BCUT2D eigenvalue weighted by Crippen LogP contribution is -2.17. The van der Waals surface area contributed by atoms with Gasteiger partial charge in [0, 0.05) is 5.69 Å². The molecule has 0 aliphatic rings. The topological polar surface area (TPSA) is 99.0 Å². The Kier molecular flexibility index (Phi) is 5.85. The monoisotopic (exact) mass is 419 g/mol. The van der Waals surface area contributed by atoms with Crippen molar-refractivity contribution in [2.75, 3.05) is 16.9 Å². The molecule has 0 atom stereocenters. The number of rotatable bonds is 7. The second kappa shape index (κ2) is 8.87. The molecule has 8 heteroatoms. The summed E-state index contributed by atoms with van der Waals surface area (Å²) in [5.41, 5.74) is 3.82. The summed E-state index contributed by atoms with van der Waals surface area (Å²) >= 11 is 1.23. The molecule has 0 spiro atoms. The van der Waals surface area contributed by atoms with Crippen LogP contribution in [0.2, 0.25) is 0 Å². The summed E-state index contributed by atoms with van der Waals surface area (Å²) in [6.45, 7) is 1.83. The SMILES string of the molecule is Cc1occc1-c1nnc(SCC(=O)Nc2ccccc2Cc2ccccc2)n1N. The number of thioether (sulfide) groups is 1. The zero-order valence-electron chi connectivity index (χ0n) is 16.4. The molecule has 0 unspecified atom stereocenters. The summed E-state index contributed by atoms with van der Waals surface area (Å²) in [4.78, 5) is 12.5. The number of nitrogens with one attached hydrogen (secondary N) is 1. The molecule has 0 radical (unpaired) electrons. The first-order valence-corrected chi connectivity index (χ1v) is 10.4. The molecule has 2 aromatic heterocycles. The first-order chi connectivity index (χ1) is 14.6. The highest BCUT2D eigenvalue weighted by Gasteiger charge is 2.17. The minimum absolute atomic E-state index is 0.135. The first kappa shape index (κ1) is 19.8. The van der Waals surface area contributed by atoms with Crippen LogP contribution in [0.5, 0.6) is 0 Å². The molecule has 0 saturated carbocycles. The van der Waals surface area contributed by atoms with E-state index in [0.29, 0.717) is 16.7 Å². The number of carbonyl (C=O) groups is 1. The van der Waals surface area contributed by atoms with Gasteiger partial charge in [-0.25, -0.2) is 4.68 Å². The number of nitrogens with two attached hydrogens (primary N) is 1. The second-order valence-corrected chi connectivity index (χ2v) is 7.67. The standard InChI is InChI=1S/C22H21N5O2S/c1-15-18(11-12-29-15)21-25-26-22(27(21)23)30-14-20(28)24-19-10-6-5-9-17(19)13-16-7-3-2-4-8-16/h2-12H,13-14,23H2,1H3,(H,24,28). The Bertz CT molecular complexity index is 1150. The van der Waals surface area contributed by atoms with E-state index in [9.17, 15) is 4.79 Å². The number of benzene rings is 2. The number of para-hydroxylation sites is 1. The largest absolute Gasteiger partial charge is 0.469 e. The van der Waals surface area contributed by atoms with Gasteiger partial charge in [-0.3, -0.25) is 4.79 Å². The molecular weight excluding hydrogens is 398 g/mol. The number of carbonyl (C=O) groups excluding carboxylic acids is 1. The fourth-order valence-electron chi connectivity index (χ4n) is 3.10. The summed E-state index contributed by atoms with van der Waals surface area (Å²) in [6, 6.07) is 19.7. The lowest BCUT2D eigenvalue weighted by Gasteiger charge is -2.11. The molecule has 0 aliphatic carbocycles. The van der Waals surface area contributed by atoms with Crippen molar-refractivity contribution < 1.29 is 9.21 Å². The smallest absolute Gasteiger partial charge is 0.234 e. The highest BCUT2D eigenvalue weighted by molar-refractivity contribution is 7.99. The molecule has 2 aromatic carbocycles. The zero-order valence-corrected chi connectivity index (χ0v) is 17.2. The van der Waals surface area contributed by atoms with Crippen molar-refractivity contribution in [1.29, 1.82) is 0 Å². The Balaban J connectivity index is 1.41. The van der Waals surface area contributed by atoms with Crippen LogP contribution in [0.4, 0.5) is 5.69 Å². The number of hydrogen-bond acceptors (Lipinski definition) is 6. The summed E-state index contributed by atoms with van der Waals surface area (Å²) in [5, 5.41) is 11.7. The molecule has 4 aromatic rings. The first-order valence-electron chi connectivity index (χ1n) is 9.41. The molecule has 152 valence electrons. The van der Waals surface area contributed by atoms with Gasteiger partial charge in [0.2, 0.25) is 11.1 Å². The van der Waals surface area contributed by atoms with Gasteiger partial charge < -0.3 is 15.6 Å². The second-order valence-electron chi connectivity index (χ2n) is 6.72. The van der Waals surface area contributed by atoms with Gasteiger partial charge in [-0.15, -0.1) is 10.2 Å². The third-order valence-corrected chi connectivity index (χ3v) is 5.57. The highest BCUT2D eigenvalue weighted by Crippen LogP contribution is 2.25. The number of anilines is 1. The van der Waals surface area contributed by atoms with Gasteiger partial charge in [0.25, 0.3) is 0 Å². The van der Waals surface area contributed by atoms with Crippen LogP contribution >= 0.6 is 11.8 Å². The molecule has 1 amide bonds. The van der Waals surface area contributed by atoms with Crippen LogP contribution in [0.15, 0.2) is 76.5 Å². The number of furan rings is 1. The predicted molar refractivity (Wildman–Crippen MR) is 118 cm³/mol. The summed E-state index contributed by atoms with van der Waals surface area (Å²) in [5.74, 6) is 7.35. The number of aromatic nitrogens is 3. The maximum Gasteiger partial charge on any atom is 0.234 e. The van der Waals surface area contributed by atoms with Crippen molar-refractivity contribution in [2.45, 2.75) is 18.5 Å². The summed E-state index contributed by atoms with van der Waals surface area (Å²) in [7, 11) is 0. The average molecular weight is 420 g/mol. The van der Waals surface area contributed by atoms with Crippen molar-refractivity contribution in [3.05, 3.63) is 83.8 Å². The molecule has 0 saturated heterocycles. The minimum Gasteiger partial charge on any atom is -0.469 e. The van der Waals surface area contributed by atoms with Crippen molar-refractivity contribution in [3.8, 4) is 11.4 Å². The van der Waals surface area contributed by atoms with Crippen LogP contribution in [-0.2, 0) is 11.2 Å². The van der Waals surface area contributed by atoms with E-state index in [4.69, 9.17) is 10.3 Å². The molecule has 4 rings (SSSR count). The van der Waals surface area contributed by atoms with Crippen LogP contribution < -0.4 is 11.2 Å². The van der Waals surface area contributed by atoms with Crippen LogP contribution in [0, 0.1) is 6.92 Å². The maximum absolute atomic E-state index is 12.5. The van der Waals surface area contributed by atoms with E-state index >= 15 is 0 Å². The van der Waals surface area contributed by atoms with E-state index in [1.54, 1.807) is 12.3 Å². The Morgan fingerprint density at radius 1 is 1.10 bits per heavy atom. The van der Waals surface area contributed by atoms with E-state index in [1.807, 2.05) is 49.4 Å². The third-order valence-electron chi connectivity index (χ3n) is 4.63. The highest BCUT2D eigenvalue weighted by atomic mass is 32.2. The van der Waals surface area contributed by atoms with Gasteiger partial charge in [0.1, 0.15) is 5.76 Å². The number of aryl methyl sites for hydroxylation is 1. The molecule has 0 bridgehead atoms. The molecular formula is C22H21N5O2S. The van der Waals surface area contributed by atoms with Crippen LogP contribution in [0.25, 0.3) is 11.4 Å². The van der Waals surface area contributed by atoms with Crippen LogP contribution in [0.1, 0.15) is 16.9 Å². The molecule has 30 heavy (non-hydrogen) atoms. The van der Waals surface area contributed by atoms with Gasteiger partial charge in [-0.2, -0.15) is 0 Å². The van der Waals surface area contributed by atoms with E-state index in [0.717, 1.165) is 23.2 Å². The van der Waals surface area contributed by atoms with E-state index in [1.165, 1.54) is 22.0 Å². The van der Waals surface area contributed by atoms with E-state index in [-0.39, 0.29) is 11.7 Å². The average Bonchev–Trinajstić information content (AvgIpc) is 3.33. The zero-order chi connectivity index (χ0) is 20.9.